The zero-order valence-corrected chi connectivity index (χ0v) is 16.8. The van der Waals surface area contributed by atoms with Crippen molar-refractivity contribution in [2.24, 2.45) is 7.05 Å². The number of nitrogens with one attached hydrogen (secondary N) is 1. The number of anilines is 1. The number of halogens is 1. The summed E-state index contributed by atoms with van der Waals surface area (Å²) in [5.41, 5.74) is 1.71. The Bertz CT molecular complexity index is 1120. The quantitative estimate of drug-likeness (QED) is 0.713. The Hall–Kier alpha value is -2.74. The fraction of sp³-hybridized carbons (Fsp3) is 0.286. The molecule has 1 aromatic heterocycles. The van der Waals surface area contributed by atoms with Crippen LogP contribution >= 0.6 is 11.6 Å². The predicted molar refractivity (Wildman–Crippen MR) is 112 cm³/mol. The second kappa shape index (κ2) is 8.32. The summed E-state index contributed by atoms with van der Waals surface area (Å²) in [7, 11) is 1.69. The van der Waals surface area contributed by atoms with E-state index in [0.29, 0.717) is 21.6 Å². The maximum Gasteiger partial charge on any atom is 0.280 e. The highest BCUT2D eigenvalue weighted by molar-refractivity contribution is 6.31. The molecule has 3 aromatic rings. The number of benzene rings is 2. The first-order valence-electron chi connectivity index (χ1n) is 9.38. The first-order valence-corrected chi connectivity index (χ1v) is 9.76. The molecule has 2 heterocycles. The summed E-state index contributed by atoms with van der Waals surface area (Å²) >= 11 is 6.02. The van der Waals surface area contributed by atoms with Gasteiger partial charge in [0.1, 0.15) is 0 Å². The van der Waals surface area contributed by atoms with E-state index in [9.17, 15) is 9.59 Å². The van der Waals surface area contributed by atoms with Gasteiger partial charge in [0, 0.05) is 37.4 Å². The van der Waals surface area contributed by atoms with Gasteiger partial charge in [0.2, 0.25) is 5.43 Å². The second-order valence-electron chi connectivity index (χ2n) is 7.01. The van der Waals surface area contributed by atoms with Gasteiger partial charge in [0.05, 0.1) is 24.1 Å². The topological polar surface area (TPSA) is 76.5 Å². The lowest BCUT2D eigenvalue weighted by Gasteiger charge is -2.26. The molecule has 4 rings (SSSR count). The molecule has 7 nitrogen and oxygen atoms in total. The Kier molecular flexibility index (Phi) is 5.62. The lowest BCUT2D eigenvalue weighted by molar-refractivity contribution is 0.0342. The van der Waals surface area contributed by atoms with Crippen molar-refractivity contribution in [3.8, 4) is 0 Å². The Morgan fingerprint density at radius 1 is 1.21 bits per heavy atom. The largest absolute Gasteiger partial charge is 0.379 e. The van der Waals surface area contributed by atoms with Crippen molar-refractivity contribution in [2.75, 3.05) is 31.6 Å². The Morgan fingerprint density at radius 2 is 2.00 bits per heavy atom. The minimum atomic E-state index is -0.545. The molecule has 1 N–H and O–H groups in total. The molecule has 0 unspecified atom stereocenters. The molecule has 29 heavy (non-hydrogen) atoms. The Morgan fingerprint density at radius 3 is 2.79 bits per heavy atom. The number of carbonyl (C=O) groups is 1. The van der Waals surface area contributed by atoms with Crippen LogP contribution in [0, 0.1) is 0 Å². The SMILES string of the molecule is Cn1nc(C(=O)Nc2cccc(CN3CCOCC3)c2)c(=O)c2cc(Cl)ccc21. The van der Waals surface area contributed by atoms with Crippen molar-refractivity contribution in [3.63, 3.8) is 0 Å². The van der Waals surface area contributed by atoms with Crippen molar-refractivity contribution in [3.05, 3.63) is 69.0 Å². The van der Waals surface area contributed by atoms with Gasteiger partial charge < -0.3 is 10.1 Å². The van der Waals surface area contributed by atoms with Crippen molar-refractivity contribution in [1.82, 2.24) is 14.7 Å². The van der Waals surface area contributed by atoms with Gasteiger partial charge in [-0.3, -0.25) is 19.2 Å². The number of amides is 1. The normalized spacial score (nSPS) is 14.8. The molecular formula is C21H21ClN4O3. The van der Waals surface area contributed by atoms with Crippen molar-refractivity contribution < 1.29 is 9.53 Å². The molecule has 2 aromatic carbocycles. The minimum Gasteiger partial charge on any atom is -0.379 e. The van der Waals surface area contributed by atoms with E-state index in [1.54, 1.807) is 31.3 Å². The molecule has 1 fully saturated rings. The molecule has 0 spiro atoms. The third-order valence-electron chi connectivity index (χ3n) is 4.93. The maximum atomic E-state index is 12.8. The summed E-state index contributed by atoms with van der Waals surface area (Å²) in [6.07, 6.45) is 0. The molecule has 1 aliphatic rings. The van der Waals surface area contributed by atoms with Crippen LogP contribution < -0.4 is 10.7 Å². The molecule has 1 aliphatic heterocycles. The van der Waals surface area contributed by atoms with Crippen LogP contribution in [0.2, 0.25) is 5.02 Å². The lowest BCUT2D eigenvalue weighted by Crippen LogP contribution is -2.35. The highest BCUT2D eigenvalue weighted by Crippen LogP contribution is 2.17. The molecule has 0 atom stereocenters. The van der Waals surface area contributed by atoms with E-state index in [4.69, 9.17) is 16.3 Å². The summed E-state index contributed by atoms with van der Waals surface area (Å²) in [6, 6.07) is 12.6. The highest BCUT2D eigenvalue weighted by Gasteiger charge is 2.17. The van der Waals surface area contributed by atoms with Crippen LogP contribution in [0.4, 0.5) is 5.69 Å². The van der Waals surface area contributed by atoms with E-state index in [1.807, 2.05) is 18.2 Å². The van der Waals surface area contributed by atoms with Crippen LogP contribution in [0.3, 0.4) is 0 Å². The number of nitrogens with zero attached hydrogens (tertiary/aromatic N) is 3. The molecule has 1 saturated heterocycles. The van der Waals surface area contributed by atoms with Crippen LogP contribution in [0.5, 0.6) is 0 Å². The van der Waals surface area contributed by atoms with Gasteiger partial charge in [0.15, 0.2) is 5.69 Å². The van der Waals surface area contributed by atoms with Crippen LogP contribution in [0.1, 0.15) is 16.1 Å². The third-order valence-corrected chi connectivity index (χ3v) is 5.16. The molecule has 150 valence electrons. The van der Waals surface area contributed by atoms with Gasteiger partial charge in [-0.15, -0.1) is 0 Å². The van der Waals surface area contributed by atoms with Gasteiger partial charge in [-0.1, -0.05) is 23.7 Å². The standard InChI is InChI=1S/C21H21ClN4O3/c1-25-18-6-5-15(22)12-17(18)20(27)19(24-25)21(28)23-16-4-2-3-14(11-16)13-26-7-9-29-10-8-26/h2-6,11-12H,7-10,13H2,1H3,(H,23,28). The smallest absolute Gasteiger partial charge is 0.280 e. The van der Waals surface area contributed by atoms with Crippen LogP contribution in [0.15, 0.2) is 47.3 Å². The van der Waals surface area contributed by atoms with Crippen molar-refractivity contribution >= 4 is 34.1 Å². The van der Waals surface area contributed by atoms with Gasteiger partial charge in [0.25, 0.3) is 5.91 Å². The predicted octanol–water partition coefficient (Wildman–Crippen LogP) is 2.67. The van der Waals surface area contributed by atoms with Gasteiger partial charge in [-0.05, 0) is 35.9 Å². The summed E-state index contributed by atoms with van der Waals surface area (Å²) in [4.78, 5) is 27.9. The van der Waals surface area contributed by atoms with Crippen LogP contribution in [-0.2, 0) is 18.3 Å². The number of rotatable bonds is 4. The number of carbonyl (C=O) groups excluding carboxylic acids is 1. The van der Waals surface area contributed by atoms with Crippen molar-refractivity contribution in [1.29, 1.82) is 0 Å². The van der Waals surface area contributed by atoms with Crippen molar-refractivity contribution in [2.45, 2.75) is 6.54 Å². The van der Waals surface area contributed by atoms with E-state index < -0.39 is 11.3 Å². The van der Waals surface area contributed by atoms with E-state index in [-0.39, 0.29) is 5.69 Å². The van der Waals surface area contributed by atoms with E-state index in [1.165, 1.54) is 4.68 Å². The van der Waals surface area contributed by atoms with E-state index in [0.717, 1.165) is 38.4 Å². The summed E-state index contributed by atoms with van der Waals surface area (Å²) in [5, 5.41) is 7.76. The molecule has 8 heteroatoms. The van der Waals surface area contributed by atoms with Crippen LogP contribution in [0.25, 0.3) is 10.9 Å². The second-order valence-corrected chi connectivity index (χ2v) is 7.44. The van der Waals surface area contributed by atoms with Crippen LogP contribution in [-0.4, -0.2) is 46.9 Å². The fourth-order valence-corrected chi connectivity index (χ4v) is 3.62. The van der Waals surface area contributed by atoms with E-state index >= 15 is 0 Å². The minimum absolute atomic E-state index is 0.166. The number of hydrogen-bond acceptors (Lipinski definition) is 5. The number of aromatic nitrogens is 2. The van der Waals surface area contributed by atoms with E-state index in [2.05, 4.69) is 15.3 Å². The van der Waals surface area contributed by atoms with Gasteiger partial charge in [-0.2, -0.15) is 5.10 Å². The number of fused-ring (bicyclic) bond motifs is 1. The molecule has 0 aliphatic carbocycles. The first-order chi connectivity index (χ1) is 14.0. The number of ether oxygens (including phenoxy) is 1. The average molecular weight is 413 g/mol. The summed E-state index contributed by atoms with van der Waals surface area (Å²) in [5.74, 6) is -0.545. The Balaban J connectivity index is 1.57. The molecule has 0 bridgehead atoms. The molecule has 0 saturated carbocycles. The zero-order chi connectivity index (χ0) is 20.4. The van der Waals surface area contributed by atoms with Gasteiger partial charge in [-0.25, -0.2) is 0 Å². The lowest BCUT2D eigenvalue weighted by atomic mass is 10.1. The molecule has 1 amide bonds. The fourth-order valence-electron chi connectivity index (χ4n) is 3.45. The van der Waals surface area contributed by atoms with Gasteiger partial charge >= 0.3 is 0 Å². The first kappa shape index (κ1) is 19.6. The maximum absolute atomic E-state index is 12.8. The molecular weight excluding hydrogens is 392 g/mol. The number of morpholine rings is 1. The molecule has 0 radical (unpaired) electrons. The Labute approximate surface area is 172 Å². The summed E-state index contributed by atoms with van der Waals surface area (Å²) < 4.78 is 6.89. The highest BCUT2D eigenvalue weighted by atomic mass is 35.5. The number of aryl methyl sites for hydroxylation is 1. The monoisotopic (exact) mass is 412 g/mol. The average Bonchev–Trinajstić information content (AvgIpc) is 2.71. The number of hydrogen-bond donors (Lipinski definition) is 1. The summed E-state index contributed by atoms with van der Waals surface area (Å²) in [6.45, 7) is 4.02. The third kappa shape index (κ3) is 4.32. The zero-order valence-electron chi connectivity index (χ0n) is 16.0.